The molecular weight excluding hydrogens is 402 g/mol. The lowest BCUT2D eigenvalue weighted by molar-refractivity contribution is -0.141. The molecule has 0 heterocycles. The summed E-state index contributed by atoms with van der Waals surface area (Å²) in [5, 5.41) is 0.162. The molecule has 0 unspecified atom stereocenters. The van der Waals surface area contributed by atoms with E-state index in [2.05, 4.69) is 0 Å². The maximum absolute atomic E-state index is 13.3. The molecule has 2 rings (SSSR count). The minimum Gasteiger partial charge on any atom is -0.495 e. The van der Waals surface area contributed by atoms with Crippen LogP contribution in [0.1, 0.15) is 32.3 Å². The van der Waals surface area contributed by atoms with Crippen LogP contribution in [0.3, 0.4) is 0 Å². The van der Waals surface area contributed by atoms with E-state index in [1.54, 1.807) is 19.1 Å². The maximum Gasteiger partial charge on any atom is 0.326 e. The van der Waals surface area contributed by atoms with E-state index in [-0.39, 0.29) is 16.5 Å². The van der Waals surface area contributed by atoms with Crippen LogP contribution in [-0.4, -0.2) is 34.6 Å². The van der Waals surface area contributed by atoms with Crippen LogP contribution in [0, 0.1) is 0 Å². The van der Waals surface area contributed by atoms with E-state index in [9.17, 15) is 13.2 Å². The topological polar surface area (TPSA) is 72.9 Å². The number of hydrogen-bond acceptors (Lipinski definition) is 5. The van der Waals surface area contributed by atoms with Gasteiger partial charge in [-0.25, -0.2) is 8.42 Å². The summed E-state index contributed by atoms with van der Waals surface area (Å²) in [5.74, 6) is 0.0158. The number of hydrogen-bond donors (Lipinski definition) is 0. The molecule has 0 saturated carbocycles. The molecule has 6 nitrogen and oxygen atoms in total. The number of carbonyl (C=O) groups excluding carboxylic acids is 1. The molecule has 0 spiro atoms. The van der Waals surface area contributed by atoms with Crippen molar-refractivity contribution in [2.75, 3.05) is 24.6 Å². The van der Waals surface area contributed by atoms with Crippen LogP contribution >= 0.6 is 11.6 Å². The Balaban J connectivity index is 2.50. The first-order valence-corrected chi connectivity index (χ1v) is 10.6. The lowest BCUT2D eigenvalue weighted by Crippen LogP contribution is -2.36. The Morgan fingerprint density at radius 1 is 1.14 bits per heavy atom. The number of anilines is 1. The molecule has 8 heteroatoms. The van der Waals surface area contributed by atoms with Gasteiger partial charge in [-0.15, -0.1) is 0 Å². The summed E-state index contributed by atoms with van der Waals surface area (Å²) >= 11 is 6.10. The summed E-state index contributed by atoms with van der Waals surface area (Å²) < 4.78 is 37.6. The summed E-state index contributed by atoms with van der Waals surface area (Å²) in [5.41, 5.74) is 1.43. The van der Waals surface area contributed by atoms with E-state index in [0.717, 1.165) is 9.87 Å². The Kier molecular flexibility index (Phi) is 7.32. The van der Waals surface area contributed by atoms with Gasteiger partial charge < -0.3 is 9.47 Å². The zero-order valence-corrected chi connectivity index (χ0v) is 17.9. The zero-order chi connectivity index (χ0) is 20.9. The van der Waals surface area contributed by atoms with Gasteiger partial charge in [-0.2, -0.15) is 0 Å². The molecule has 0 aliphatic rings. The summed E-state index contributed by atoms with van der Waals surface area (Å²) in [6.07, 6.45) is 0. The fourth-order valence-electron chi connectivity index (χ4n) is 2.60. The van der Waals surface area contributed by atoms with Crippen molar-refractivity contribution in [3.8, 4) is 5.75 Å². The molecule has 0 saturated heterocycles. The number of carbonyl (C=O) groups is 1. The largest absolute Gasteiger partial charge is 0.495 e. The van der Waals surface area contributed by atoms with Crippen molar-refractivity contribution in [3.05, 3.63) is 53.1 Å². The standard InChI is InChI=1S/C20H24ClNO5S/c1-5-27-20(23)13-22(16-8-6-15(7-9-16)14(2)3)28(24,25)17-10-11-19(26-4)18(21)12-17/h6-12,14H,5,13H2,1-4H3. The third-order valence-electron chi connectivity index (χ3n) is 4.14. The van der Waals surface area contributed by atoms with Gasteiger partial charge in [-0.05, 0) is 48.7 Å². The smallest absolute Gasteiger partial charge is 0.326 e. The Morgan fingerprint density at radius 3 is 2.29 bits per heavy atom. The monoisotopic (exact) mass is 425 g/mol. The third kappa shape index (κ3) is 4.97. The van der Waals surface area contributed by atoms with Gasteiger partial charge in [-0.3, -0.25) is 9.10 Å². The normalized spacial score (nSPS) is 11.4. The molecule has 0 aromatic heterocycles. The summed E-state index contributed by atoms with van der Waals surface area (Å²) in [4.78, 5) is 12.0. The first kappa shape index (κ1) is 22.0. The molecule has 2 aromatic carbocycles. The highest BCUT2D eigenvalue weighted by Gasteiger charge is 2.28. The third-order valence-corrected chi connectivity index (χ3v) is 6.20. The second kappa shape index (κ2) is 9.30. The number of rotatable bonds is 8. The highest BCUT2D eigenvalue weighted by atomic mass is 35.5. The van der Waals surface area contributed by atoms with Crippen molar-refractivity contribution in [2.24, 2.45) is 0 Å². The van der Waals surface area contributed by atoms with Crippen molar-refractivity contribution in [3.63, 3.8) is 0 Å². The van der Waals surface area contributed by atoms with Gasteiger partial charge in [0.15, 0.2) is 0 Å². The van der Waals surface area contributed by atoms with Crippen molar-refractivity contribution in [2.45, 2.75) is 31.6 Å². The highest BCUT2D eigenvalue weighted by Crippen LogP contribution is 2.31. The molecule has 28 heavy (non-hydrogen) atoms. The van der Waals surface area contributed by atoms with Gasteiger partial charge in [0.25, 0.3) is 10.0 Å². The van der Waals surface area contributed by atoms with Crippen molar-refractivity contribution < 1.29 is 22.7 Å². The first-order valence-electron chi connectivity index (χ1n) is 8.82. The van der Waals surface area contributed by atoms with Gasteiger partial charge in [-0.1, -0.05) is 37.6 Å². The van der Waals surface area contributed by atoms with E-state index in [0.29, 0.717) is 17.4 Å². The van der Waals surface area contributed by atoms with Crippen LogP contribution in [0.2, 0.25) is 5.02 Å². The van der Waals surface area contributed by atoms with Gasteiger partial charge in [0.2, 0.25) is 0 Å². The fraction of sp³-hybridized carbons (Fsp3) is 0.350. The summed E-state index contributed by atoms with van der Waals surface area (Å²) in [6, 6.07) is 11.2. The van der Waals surface area contributed by atoms with E-state index < -0.39 is 22.5 Å². The first-order chi connectivity index (χ1) is 13.2. The second-order valence-electron chi connectivity index (χ2n) is 6.36. The Morgan fingerprint density at radius 2 is 1.79 bits per heavy atom. The average molecular weight is 426 g/mol. The fourth-order valence-corrected chi connectivity index (χ4v) is 4.36. The lowest BCUT2D eigenvalue weighted by Gasteiger charge is -2.24. The number of benzene rings is 2. The van der Waals surface area contributed by atoms with Crippen LogP contribution in [0.5, 0.6) is 5.75 Å². The van der Waals surface area contributed by atoms with E-state index in [1.165, 1.54) is 25.3 Å². The van der Waals surface area contributed by atoms with E-state index in [1.807, 2.05) is 26.0 Å². The van der Waals surface area contributed by atoms with Crippen LogP contribution in [0.4, 0.5) is 5.69 Å². The number of nitrogens with zero attached hydrogens (tertiary/aromatic N) is 1. The predicted molar refractivity (Wildman–Crippen MR) is 110 cm³/mol. The molecule has 2 aromatic rings. The number of sulfonamides is 1. The number of methoxy groups -OCH3 is 1. The Hall–Kier alpha value is -2.25. The SMILES string of the molecule is CCOC(=O)CN(c1ccc(C(C)C)cc1)S(=O)(=O)c1ccc(OC)c(Cl)c1. The molecule has 0 N–H and O–H groups in total. The molecule has 0 bridgehead atoms. The van der Waals surface area contributed by atoms with E-state index in [4.69, 9.17) is 21.1 Å². The van der Waals surface area contributed by atoms with Crippen molar-refractivity contribution >= 4 is 33.3 Å². The quantitative estimate of drug-likeness (QED) is 0.592. The molecule has 152 valence electrons. The number of esters is 1. The Labute approximate surface area is 171 Å². The summed E-state index contributed by atoms with van der Waals surface area (Å²) in [7, 11) is -2.61. The predicted octanol–water partition coefficient (Wildman–Crippen LogP) is 4.23. The van der Waals surface area contributed by atoms with Gasteiger partial charge in [0, 0.05) is 0 Å². The molecule has 0 atom stereocenters. The van der Waals surface area contributed by atoms with Crippen molar-refractivity contribution in [1.29, 1.82) is 0 Å². The maximum atomic E-state index is 13.3. The highest BCUT2D eigenvalue weighted by molar-refractivity contribution is 7.92. The minimum absolute atomic E-state index is 0.0458. The lowest BCUT2D eigenvalue weighted by atomic mass is 10.0. The van der Waals surface area contributed by atoms with E-state index >= 15 is 0 Å². The van der Waals surface area contributed by atoms with Gasteiger partial charge in [0.05, 0.1) is 29.3 Å². The average Bonchev–Trinajstić information content (AvgIpc) is 2.66. The van der Waals surface area contributed by atoms with Crippen LogP contribution < -0.4 is 9.04 Å². The Bertz CT molecular complexity index is 926. The zero-order valence-electron chi connectivity index (χ0n) is 16.3. The molecule has 0 aliphatic heterocycles. The molecule has 0 aliphatic carbocycles. The van der Waals surface area contributed by atoms with Gasteiger partial charge >= 0.3 is 5.97 Å². The minimum atomic E-state index is -4.06. The van der Waals surface area contributed by atoms with Crippen LogP contribution in [0.15, 0.2) is 47.4 Å². The molecule has 0 radical (unpaired) electrons. The van der Waals surface area contributed by atoms with Gasteiger partial charge in [0.1, 0.15) is 12.3 Å². The second-order valence-corrected chi connectivity index (χ2v) is 8.63. The van der Waals surface area contributed by atoms with Crippen molar-refractivity contribution in [1.82, 2.24) is 0 Å². The molecular formula is C20H24ClNO5S. The summed E-state index contributed by atoms with van der Waals surface area (Å²) in [6.45, 7) is 5.47. The van der Waals surface area contributed by atoms with Crippen LogP contribution in [-0.2, 0) is 19.6 Å². The van der Waals surface area contributed by atoms with Crippen LogP contribution in [0.25, 0.3) is 0 Å². The number of ether oxygens (including phenoxy) is 2. The molecule has 0 amide bonds. The number of halogens is 1. The molecule has 0 fully saturated rings.